The number of methoxy groups -OCH3 is 1. The van der Waals surface area contributed by atoms with Gasteiger partial charge in [-0.1, -0.05) is 0 Å². The van der Waals surface area contributed by atoms with E-state index >= 15 is 0 Å². The van der Waals surface area contributed by atoms with Gasteiger partial charge in [0.15, 0.2) is 0 Å². The number of carbonyl (C=O) groups is 1. The molecule has 0 spiro atoms. The van der Waals surface area contributed by atoms with Gasteiger partial charge in [0.25, 0.3) is 0 Å². The zero-order valence-electron chi connectivity index (χ0n) is 11.1. The van der Waals surface area contributed by atoms with Crippen LogP contribution in [0.15, 0.2) is 0 Å². The van der Waals surface area contributed by atoms with Crippen LogP contribution in [-0.2, 0) is 22.6 Å². The minimum atomic E-state index is -0.368. The van der Waals surface area contributed by atoms with E-state index in [9.17, 15) is 4.79 Å². The molecule has 2 aliphatic rings. The van der Waals surface area contributed by atoms with Crippen molar-refractivity contribution in [1.82, 2.24) is 14.9 Å². The molecule has 0 atom stereocenters. The number of aromatic nitrogens is 2. The van der Waals surface area contributed by atoms with Gasteiger partial charge in [-0.15, -0.1) is 0 Å². The number of morpholine rings is 1. The third-order valence-corrected chi connectivity index (χ3v) is 3.65. The first-order valence-corrected chi connectivity index (χ1v) is 6.77. The fourth-order valence-electron chi connectivity index (χ4n) is 2.50. The van der Waals surface area contributed by atoms with Crippen LogP contribution in [0.3, 0.4) is 0 Å². The molecule has 0 N–H and O–H groups in total. The lowest BCUT2D eigenvalue weighted by Gasteiger charge is -2.29. The van der Waals surface area contributed by atoms with Gasteiger partial charge >= 0.3 is 6.09 Å². The number of nitrogens with zero attached hydrogens (tertiary/aromatic N) is 4. The Hall–Kier alpha value is -1.60. The topological polar surface area (TPSA) is 67.8 Å². The number of carbonyl (C=O) groups excluding carboxylic acids is 1. The minimum absolute atomic E-state index is 0.206. The second-order valence-electron chi connectivity index (χ2n) is 4.67. The molecule has 1 aromatic heterocycles. The van der Waals surface area contributed by atoms with Crippen LogP contribution in [0.5, 0.6) is 0 Å². The average molecular weight is 299 g/mol. The van der Waals surface area contributed by atoms with Gasteiger partial charge in [-0.2, -0.15) is 0 Å². The number of ether oxygens (including phenoxy) is 2. The summed E-state index contributed by atoms with van der Waals surface area (Å²) in [5.74, 6) is 0.801. The van der Waals surface area contributed by atoms with Crippen LogP contribution >= 0.6 is 11.6 Å². The van der Waals surface area contributed by atoms with Crippen LogP contribution in [0.4, 0.5) is 10.6 Å². The number of anilines is 1. The zero-order valence-corrected chi connectivity index (χ0v) is 11.9. The Balaban J connectivity index is 1.91. The van der Waals surface area contributed by atoms with Crippen molar-refractivity contribution >= 4 is 23.5 Å². The van der Waals surface area contributed by atoms with E-state index in [1.165, 1.54) is 7.11 Å². The molecule has 1 fully saturated rings. The molecule has 2 aliphatic heterocycles. The lowest BCUT2D eigenvalue weighted by atomic mass is 10.2. The van der Waals surface area contributed by atoms with Gasteiger partial charge in [-0.05, 0) is 11.6 Å². The summed E-state index contributed by atoms with van der Waals surface area (Å²) < 4.78 is 10.1. The normalized spacial score (nSPS) is 18.1. The molecule has 7 nitrogen and oxygen atoms in total. The lowest BCUT2D eigenvalue weighted by Crippen LogP contribution is -2.37. The Bertz CT molecular complexity index is 534. The summed E-state index contributed by atoms with van der Waals surface area (Å²) in [6, 6.07) is 0. The van der Waals surface area contributed by atoms with Crippen molar-refractivity contribution in [3.05, 3.63) is 16.5 Å². The number of hydrogen-bond acceptors (Lipinski definition) is 6. The van der Waals surface area contributed by atoms with Crippen molar-refractivity contribution in [3.63, 3.8) is 0 Å². The summed E-state index contributed by atoms with van der Waals surface area (Å²) in [5.41, 5.74) is 1.73. The number of halogens is 1. The molecule has 20 heavy (non-hydrogen) atoms. The van der Waals surface area contributed by atoms with Gasteiger partial charge < -0.3 is 14.4 Å². The number of rotatable bonds is 1. The van der Waals surface area contributed by atoms with Gasteiger partial charge in [-0.3, -0.25) is 4.90 Å². The summed E-state index contributed by atoms with van der Waals surface area (Å²) in [4.78, 5) is 23.9. The number of amides is 1. The van der Waals surface area contributed by atoms with E-state index in [1.807, 2.05) is 0 Å². The van der Waals surface area contributed by atoms with E-state index in [-0.39, 0.29) is 11.4 Å². The summed E-state index contributed by atoms with van der Waals surface area (Å²) in [5, 5.41) is 0.206. The van der Waals surface area contributed by atoms with Crippen LogP contribution in [-0.4, -0.2) is 54.4 Å². The summed E-state index contributed by atoms with van der Waals surface area (Å²) in [6.07, 6.45) is -0.368. The molecule has 3 heterocycles. The van der Waals surface area contributed by atoms with Crippen molar-refractivity contribution in [2.24, 2.45) is 0 Å². The Labute approximate surface area is 121 Å². The van der Waals surface area contributed by atoms with Crippen LogP contribution < -0.4 is 4.90 Å². The predicted molar refractivity (Wildman–Crippen MR) is 71.7 cm³/mol. The molecule has 0 bridgehead atoms. The Kier molecular flexibility index (Phi) is 3.62. The SMILES string of the molecule is COC(=O)N1Cc2nc(Cl)nc(N3CCOCC3)c2C1. The van der Waals surface area contributed by atoms with E-state index in [0.717, 1.165) is 30.2 Å². The van der Waals surface area contributed by atoms with Crippen LogP contribution in [0.25, 0.3) is 0 Å². The molecule has 8 heteroatoms. The summed E-state index contributed by atoms with van der Waals surface area (Å²) in [6.45, 7) is 3.71. The molecule has 3 rings (SSSR count). The van der Waals surface area contributed by atoms with Crippen molar-refractivity contribution < 1.29 is 14.3 Å². The number of fused-ring (bicyclic) bond motifs is 1. The standard InChI is InChI=1S/C12H15ClN4O3/c1-19-12(18)17-6-8-9(7-17)14-11(13)15-10(8)16-2-4-20-5-3-16/h2-7H2,1H3. The molecular formula is C12H15ClN4O3. The van der Waals surface area contributed by atoms with Crippen LogP contribution in [0.2, 0.25) is 5.28 Å². The fraction of sp³-hybridized carbons (Fsp3) is 0.583. The molecule has 0 aliphatic carbocycles. The van der Waals surface area contributed by atoms with Crippen LogP contribution in [0.1, 0.15) is 11.3 Å². The largest absolute Gasteiger partial charge is 0.453 e. The molecule has 0 saturated carbocycles. The maximum Gasteiger partial charge on any atom is 0.410 e. The molecule has 0 unspecified atom stereocenters. The smallest absolute Gasteiger partial charge is 0.410 e. The lowest BCUT2D eigenvalue weighted by molar-refractivity contribution is 0.121. The highest BCUT2D eigenvalue weighted by Gasteiger charge is 2.31. The maximum absolute atomic E-state index is 11.6. The first-order chi connectivity index (χ1) is 9.69. The highest BCUT2D eigenvalue weighted by Crippen LogP contribution is 2.31. The Morgan fingerprint density at radius 2 is 2.05 bits per heavy atom. The molecule has 108 valence electrons. The van der Waals surface area contributed by atoms with E-state index in [2.05, 4.69) is 14.9 Å². The number of hydrogen-bond donors (Lipinski definition) is 0. The second kappa shape index (κ2) is 5.41. The summed E-state index contributed by atoms with van der Waals surface area (Å²) >= 11 is 5.99. The molecule has 1 saturated heterocycles. The maximum atomic E-state index is 11.6. The van der Waals surface area contributed by atoms with Crippen molar-refractivity contribution in [2.45, 2.75) is 13.1 Å². The monoisotopic (exact) mass is 298 g/mol. The Morgan fingerprint density at radius 1 is 1.30 bits per heavy atom. The molecule has 1 amide bonds. The van der Waals surface area contributed by atoms with Gasteiger partial charge in [0, 0.05) is 18.7 Å². The van der Waals surface area contributed by atoms with Gasteiger partial charge in [0.1, 0.15) is 5.82 Å². The molecule has 0 aromatic carbocycles. The van der Waals surface area contributed by atoms with E-state index in [4.69, 9.17) is 21.1 Å². The third kappa shape index (κ3) is 2.38. The van der Waals surface area contributed by atoms with E-state index in [0.29, 0.717) is 26.3 Å². The predicted octanol–water partition coefficient (Wildman–Crippen LogP) is 1.05. The molecular weight excluding hydrogens is 284 g/mol. The van der Waals surface area contributed by atoms with Crippen LogP contribution in [0, 0.1) is 0 Å². The first-order valence-electron chi connectivity index (χ1n) is 6.40. The van der Waals surface area contributed by atoms with Gasteiger partial charge in [0.05, 0.1) is 39.1 Å². The quantitative estimate of drug-likeness (QED) is 0.722. The molecule has 0 radical (unpaired) electrons. The third-order valence-electron chi connectivity index (χ3n) is 3.48. The van der Waals surface area contributed by atoms with Crippen molar-refractivity contribution in [1.29, 1.82) is 0 Å². The summed E-state index contributed by atoms with van der Waals surface area (Å²) in [7, 11) is 1.37. The Morgan fingerprint density at radius 3 is 2.75 bits per heavy atom. The van der Waals surface area contributed by atoms with E-state index in [1.54, 1.807) is 4.90 Å². The van der Waals surface area contributed by atoms with Gasteiger partial charge in [0.2, 0.25) is 5.28 Å². The van der Waals surface area contributed by atoms with E-state index < -0.39 is 0 Å². The first kappa shape index (κ1) is 13.4. The highest BCUT2D eigenvalue weighted by molar-refractivity contribution is 6.28. The second-order valence-corrected chi connectivity index (χ2v) is 5.01. The van der Waals surface area contributed by atoms with Gasteiger partial charge in [-0.25, -0.2) is 14.8 Å². The molecule has 1 aromatic rings. The average Bonchev–Trinajstić information content (AvgIpc) is 2.90. The fourth-order valence-corrected chi connectivity index (χ4v) is 2.69. The highest BCUT2D eigenvalue weighted by atomic mass is 35.5. The minimum Gasteiger partial charge on any atom is -0.453 e. The van der Waals surface area contributed by atoms with Crippen molar-refractivity contribution in [2.75, 3.05) is 38.3 Å². The zero-order chi connectivity index (χ0) is 14.1. The van der Waals surface area contributed by atoms with Crippen molar-refractivity contribution in [3.8, 4) is 0 Å².